The lowest BCUT2D eigenvalue weighted by Crippen LogP contribution is -2.48. The normalized spacial score (nSPS) is 22.5. The highest BCUT2D eigenvalue weighted by Crippen LogP contribution is 2.25. The molecule has 2 aliphatic rings. The minimum absolute atomic E-state index is 0.169. The van der Waals surface area contributed by atoms with Gasteiger partial charge < -0.3 is 10.1 Å². The fraction of sp³-hybridized carbons (Fsp3) is 0.647. The minimum Gasteiger partial charge on any atom is -0.444 e. The van der Waals surface area contributed by atoms with Gasteiger partial charge in [0.05, 0.1) is 0 Å². The third-order valence-corrected chi connectivity index (χ3v) is 3.95. The van der Waals surface area contributed by atoms with E-state index in [0.29, 0.717) is 6.42 Å². The standard InChI is InChI=1S/C17H24N2O5/c1-17(2,3)24-16(23)19-13(10-7-5-4-6-8-10)14(21)11-9-12(20)18-15(11)22/h7,11,13H,4-6,8-9H2,1-3H3,(H,19,23)(H,18,20,22). The summed E-state index contributed by atoms with van der Waals surface area (Å²) in [5.74, 6) is -2.58. The molecule has 2 N–H and O–H groups in total. The first-order valence-corrected chi connectivity index (χ1v) is 8.23. The Labute approximate surface area is 141 Å². The Kier molecular flexibility index (Phi) is 5.41. The fourth-order valence-electron chi connectivity index (χ4n) is 2.88. The second kappa shape index (κ2) is 7.15. The Bertz CT molecular complexity index is 588. The number of hydrogen-bond donors (Lipinski definition) is 2. The lowest BCUT2D eigenvalue weighted by atomic mass is 9.86. The number of alkyl carbamates (subject to hydrolysis) is 1. The SMILES string of the molecule is CC(C)(C)OC(=O)NC(C(=O)C1CC(=O)NC1=O)C1=CCCCC1. The molecule has 1 aliphatic heterocycles. The molecule has 1 fully saturated rings. The predicted molar refractivity (Wildman–Crippen MR) is 86.0 cm³/mol. The summed E-state index contributed by atoms with van der Waals surface area (Å²) in [5.41, 5.74) is 0.0866. The van der Waals surface area contributed by atoms with Crippen molar-refractivity contribution in [3.05, 3.63) is 11.6 Å². The maximum Gasteiger partial charge on any atom is 0.408 e. The number of ketones is 1. The van der Waals surface area contributed by atoms with Gasteiger partial charge >= 0.3 is 6.09 Å². The molecule has 0 spiro atoms. The van der Waals surface area contributed by atoms with E-state index in [-0.39, 0.29) is 6.42 Å². The molecule has 0 radical (unpaired) electrons. The van der Waals surface area contributed by atoms with Crippen LogP contribution in [0.4, 0.5) is 4.79 Å². The number of rotatable bonds is 4. The average molecular weight is 336 g/mol. The summed E-state index contributed by atoms with van der Waals surface area (Å²) in [7, 11) is 0. The topological polar surface area (TPSA) is 102 Å². The molecular formula is C17H24N2O5. The van der Waals surface area contributed by atoms with E-state index in [9.17, 15) is 19.2 Å². The van der Waals surface area contributed by atoms with Crippen LogP contribution in [-0.2, 0) is 19.1 Å². The first-order chi connectivity index (χ1) is 11.2. The van der Waals surface area contributed by atoms with Gasteiger partial charge in [-0.1, -0.05) is 6.08 Å². The summed E-state index contributed by atoms with van der Waals surface area (Å²) in [6.07, 6.45) is 4.49. The zero-order valence-corrected chi connectivity index (χ0v) is 14.3. The molecule has 1 saturated heterocycles. The maximum absolute atomic E-state index is 12.8. The quantitative estimate of drug-likeness (QED) is 0.461. The van der Waals surface area contributed by atoms with Gasteiger partial charge in [-0.25, -0.2) is 4.79 Å². The van der Waals surface area contributed by atoms with Gasteiger partial charge in [0.1, 0.15) is 17.6 Å². The van der Waals surface area contributed by atoms with Gasteiger partial charge in [-0.05, 0) is 52.0 Å². The zero-order chi connectivity index (χ0) is 17.9. The van der Waals surface area contributed by atoms with Gasteiger partial charge in [0, 0.05) is 6.42 Å². The summed E-state index contributed by atoms with van der Waals surface area (Å²) in [6.45, 7) is 5.19. The number of nitrogens with one attached hydrogen (secondary N) is 2. The highest BCUT2D eigenvalue weighted by atomic mass is 16.6. The van der Waals surface area contributed by atoms with Crippen LogP contribution in [-0.4, -0.2) is 35.3 Å². The van der Waals surface area contributed by atoms with Gasteiger partial charge in [-0.15, -0.1) is 0 Å². The van der Waals surface area contributed by atoms with Gasteiger partial charge in [0.15, 0.2) is 5.78 Å². The lowest BCUT2D eigenvalue weighted by Gasteiger charge is -2.27. The molecule has 0 aromatic heterocycles. The Morgan fingerprint density at radius 3 is 2.50 bits per heavy atom. The van der Waals surface area contributed by atoms with Crippen molar-refractivity contribution in [3.63, 3.8) is 0 Å². The van der Waals surface area contributed by atoms with Crippen molar-refractivity contribution < 1.29 is 23.9 Å². The molecule has 0 saturated carbocycles. The number of allylic oxidation sites excluding steroid dienone is 1. The molecular weight excluding hydrogens is 312 g/mol. The van der Waals surface area contributed by atoms with E-state index in [1.807, 2.05) is 6.08 Å². The van der Waals surface area contributed by atoms with Crippen molar-refractivity contribution in [2.75, 3.05) is 0 Å². The second-order valence-corrected chi connectivity index (χ2v) is 7.18. The van der Waals surface area contributed by atoms with Crippen molar-refractivity contribution in [2.45, 2.75) is 64.5 Å². The van der Waals surface area contributed by atoms with Crippen molar-refractivity contribution in [3.8, 4) is 0 Å². The van der Waals surface area contributed by atoms with Crippen LogP contribution in [0.2, 0.25) is 0 Å². The molecule has 7 heteroatoms. The zero-order valence-electron chi connectivity index (χ0n) is 14.3. The van der Waals surface area contributed by atoms with E-state index in [4.69, 9.17) is 4.74 Å². The Morgan fingerprint density at radius 1 is 1.29 bits per heavy atom. The molecule has 2 atom stereocenters. The summed E-state index contributed by atoms with van der Waals surface area (Å²) < 4.78 is 5.22. The smallest absolute Gasteiger partial charge is 0.408 e. The third kappa shape index (κ3) is 4.66. The predicted octanol–water partition coefficient (Wildman–Crippen LogP) is 1.61. The molecule has 1 aliphatic carbocycles. The van der Waals surface area contributed by atoms with Gasteiger partial charge in [-0.2, -0.15) is 0 Å². The van der Waals surface area contributed by atoms with Crippen LogP contribution < -0.4 is 10.6 Å². The molecule has 1 heterocycles. The Balaban J connectivity index is 2.18. The lowest BCUT2D eigenvalue weighted by molar-refractivity contribution is -0.132. The summed E-state index contributed by atoms with van der Waals surface area (Å²) >= 11 is 0. The molecule has 0 aromatic rings. The number of ether oxygens (including phenoxy) is 1. The molecule has 132 valence electrons. The van der Waals surface area contributed by atoms with Crippen LogP contribution in [0, 0.1) is 5.92 Å². The second-order valence-electron chi connectivity index (χ2n) is 7.18. The highest BCUT2D eigenvalue weighted by Gasteiger charge is 2.41. The van der Waals surface area contributed by atoms with E-state index < -0.39 is 41.3 Å². The minimum atomic E-state index is -1.06. The monoisotopic (exact) mass is 336 g/mol. The number of carbonyl (C=O) groups excluding carboxylic acids is 4. The van der Waals surface area contributed by atoms with Crippen LogP contribution in [0.25, 0.3) is 0 Å². The number of Topliss-reactive ketones (excluding diaryl/α,β-unsaturated/α-hetero) is 1. The van der Waals surface area contributed by atoms with Crippen molar-refractivity contribution in [2.24, 2.45) is 5.92 Å². The first kappa shape index (κ1) is 18.2. The molecule has 0 bridgehead atoms. The van der Waals surface area contributed by atoms with Gasteiger partial charge in [-0.3, -0.25) is 19.7 Å². The first-order valence-electron chi connectivity index (χ1n) is 8.23. The maximum atomic E-state index is 12.8. The van der Waals surface area contributed by atoms with Crippen molar-refractivity contribution in [1.82, 2.24) is 10.6 Å². The Morgan fingerprint density at radius 2 is 2.00 bits per heavy atom. The van der Waals surface area contributed by atoms with E-state index in [2.05, 4.69) is 10.6 Å². The van der Waals surface area contributed by atoms with Gasteiger partial charge in [0.2, 0.25) is 11.8 Å². The molecule has 0 aromatic carbocycles. The van der Waals surface area contributed by atoms with E-state index >= 15 is 0 Å². The van der Waals surface area contributed by atoms with Crippen molar-refractivity contribution in [1.29, 1.82) is 0 Å². The Hall–Kier alpha value is -2.18. The molecule has 7 nitrogen and oxygen atoms in total. The van der Waals surface area contributed by atoms with Crippen LogP contribution >= 0.6 is 0 Å². The molecule has 2 unspecified atom stereocenters. The van der Waals surface area contributed by atoms with E-state index in [1.165, 1.54) is 0 Å². The molecule has 24 heavy (non-hydrogen) atoms. The highest BCUT2D eigenvalue weighted by molar-refractivity contribution is 6.16. The van der Waals surface area contributed by atoms with Gasteiger partial charge in [0.25, 0.3) is 0 Å². The molecule has 2 rings (SSSR count). The summed E-state index contributed by atoms with van der Waals surface area (Å²) in [4.78, 5) is 48.1. The molecule has 3 amide bonds. The third-order valence-electron chi connectivity index (χ3n) is 3.95. The number of amides is 3. The van der Waals surface area contributed by atoms with Crippen LogP contribution in [0.3, 0.4) is 0 Å². The number of hydrogen-bond acceptors (Lipinski definition) is 5. The summed E-state index contributed by atoms with van der Waals surface area (Å²) in [6, 6.07) is -0.929. The van der Waals surface area contributed by atoms with Crippen LogP contribution in [0.1, 0.15) is 52.9 Å². The van der Waals surface area contributed by atoms with Crippen molar-refractivity contribution >= 4 is 23.7 Å². The van der Waals surface area contributed by atoms with Crippen LogP contribution in [0.5, 0.6) is 0 Å². The average Bonchev–Trinajstić information content (AvgIpc) is 2.82. The van der Waals surface area contributed by atoms with Crippen LogP contribution in [0.15, 0.2) is 11.6 Å². The number of carbonyl (C=O) groups is 4. The largest absolute Gasteiger partial charge is 0.444 e. The number of imide groups is 1. The van der Waals surface area contributed by atoms with E-state index in [1.54, 1.807) is 20.8 Å². The summed E-state index contributed by atoms with van der Waals surface area (Å²) in [5, 5.41) is 4.72. The fourth-order valence-corrected chi connectivity index (χ4v) is 2.88. The van der Waals surface area contributed by atoms with E-state index in [0.717, 1.165) is 24.8 Å².